The van der Waals surface area contributed by atoms with Gasteiger partial charge in [0.05, 0.1) is 28.5 Å². The average Bonchev–Trinajstić information content (AvgIpc) is 3.87. The summed E-state index contributed by atoms with van der Waals surface area (Å²) in [6, 6.07) is 69.8. The largest absolute Gasteiger partial charge is 0.318 e. The molecule has 1 aliphatic heterocycles. The van der Waals surface area contributed by atoms with Gasteiger partial charge in [0.1, 0.15) is 11.6 Å². The standard InChI is InChI=1S/C56H38N6/c1-5-17-37(18-6-1)47-35-53(59-55(57-47)39-21-9-3-10-22-39)61-49-27-15-13-25-43(49)45-33-41(29-31-51(45)61)42-30-32-52-46(34-42)44-26-14-16-28-50(44)62(52)54-36-48(38-19-7-2-8-20-38)58-56(60-54)40-23-11-4-12-24-40/h1-36,45,51H. The monoisotopic (exact) mass is 794 g/mol. The Labute approximate surface area is 359 Å². The van der Waals surface area contributed by atoms with Crippen LogP contribution >= 0.6 is 0 Å². The Morgan fingerprint density at radius 3 is 1.60 bits per heavy atom. The number of aromatic nitrogens is 5. The van der Waals surface area contributed by atoms with Crippen LogP contribution in [0.3, 0.4) is 0 Å². The van der Waals surface area contributed by atoms with Crippen LogP contribution in [0.25, 0.3) is 78.5 Å². The zero-order chi connectivity index (χ0) is 41.0. The molecule has 0 spiro atoms. The van der Waals surface area contributed by atoms with Gasteiger partial charge in [0.15, 0.2) is 11.6 Å². The van der Waals surface area contributed by atoms with Gasteiger partial charge in [0.25, 0.3) is 0 Å². The van der Waals surface area contributed by atoms with Crippen molar-refractivity contribution in [2.45, 2.75) is 12.0 Å². The smallest absolute Gasteiger partial charge is 0.162 e. The number of fused-ring (bicyclic) bond motifs is 6. The molecule has 6 heteroatoms. The van der Waals surface area contributed by atoms with Gasteiger partial charge in [-0.05, 0) is 41.0 Å². The van der Waals surface area contributed by atoms with Crippen molar-refractivity contribution in [3.05, 3.63) is 230 Å². The number of anilines is 2. The Morgan fingerprint density at radius 2 is 0.935 bits per heavy atom. The van der Waals surface area contributed by atoms with E-state index in [1.807, 2.05) is 48.5 Å². The maximum atomic E-state index is 5.26. The van der Waals surface area contributed by atoms with Crippen molar-refractivity contribution in [1.29, 1.82) is 0 Å². The summed E-state index contributed by atoms with van der Waals surface area (Å²) in [6.07, 6.45) is 7.10. The molecular formula is C56H38N6. The van der Waals surface area contributed by atoms with Gasteiger partial charge in [0, 0.05) is 56.8 Å². The summed E-state index contributed by atoms with van der Waals surface area (Å²) in [4.78, 5) is 23.1. The fourth-order valence-corrected chi connectivity index (χ4v) is 9.26. The minimum atomic E-state index is 0.0410. The van der Waals surface area contributed by atoms with E-state index < -0.39 is 0 Å². The Hall–Kier alpha value is -8.22. The average molecular weight is 795 g/mol. The van der Waals surface area contributed by atoms with E-state index in [9.17, 15) is 0 Å². The molecule has 0 amide bonds. The number of rotatable bonds is 7. The van der Waals surface area contributed by atoms with Gasteiger partial charge in [-0.15, -0.1) is 0 Å². The molecule has 292 valence electrons. The molecular weight excluding hydrogens is 757 g/mol. The minimum Gasteiger partial charge on any atom is -0.318 e. The van der Waals surface area contributed by atoms with Crippen LogP contribution in [0.4, 0.5) is 11.5 Å². The van der Waals surface area contributed by atoms with Crippen molar-refractivity contribution < 1.29 is 0 Å². The van der Waals surface area contributed by atoms with E-state index in [0.717, 1.165) is 62.0 Å². The lowest BCUT2D eigenvalue weighted by molar-refractivity contribution is 0.740. The number of benzene rings is 7. The van der Waals surface area contributed by atoms with E-state index in [0.29, 0.717) is 11.6 Å². The van der Waals surface area contributed by atoms with Crippen molar-refractivity contribution >= 4 is 38.9 Å². The van der Waals surface area contributed by atoms with Gasteiger partial charge in [0.2, 0.25) is 0 Å². The highest BCUT2D eigenvalue weighted by atomic mass is 15.3. The van der Waals surface area contributed by atoms with Gasteiger partial charge < -0.3 is 4.90 Å². The lowest BCUT2D eigenvalue weighted by Gasteiger charge is -2.29. The van der Waals surface area contributed by atoms with Crippen LogP contribution in [0.5, 0.6) is 0 Å². The van der Waals surface area contributed by atoms with Gasteiger partial charge in [-0.2, -0.15) is 0 Å². The summed E-state index contributed by atoms with van der Waals surface area (Å²) < 4.78 is 2.29. The first-order valence-corrected chi connectivity index (χ1v) is 21.1. The van der Waals surface area contributed by atoms with Crippen molar-refractivity contribution in [3.8, 4) is 51.1 Å². The summed E-state index contributed by atoms with van der Waals surface area (Å²) in [7, 11) is 0. The summed E-state index contributed by atoms with van der Waals surface area (Å²) >= 11 is 0. The normalized spacial score (nSPS) is 15.4. The Kier molecular flexibility index (Phi) is 8.52. The van der Waals surface area contributed by atoms with Gasteiger partial charge >= 0.3 is 0 Å². The maximum absolute atomic E-state index is 5.26. The predicted octanol–water partition coefficient (Wildman–Crippen LogP) is 13.3. The van der Waals surface area contributed by atoms with Crippen molar-refractivity contribution in [2.24, 2.45) is 0 Å². The van der Waals surface area contributed by atoms with Crippen LogP contribution in [-0.4, -0.2) is 30.5 Å². The van der Waals surface area contributed by atoms with E-state index in [2.05, 4.69) is 179 Å². The van der Waals surface area contributed by atoms with Crippen LogP contribution < -0.4 is 4.90 Å². The third kappa shape index (κ3) is 6.11. The van der Waals surface area contributed by atoms with E-state index in [4.69, 9.17) is 19.9 Å². The topological polar surface area (TPSA) is 59.7 Å². The fraction of sp³-hybridized carbons (Fsp3) is 0.0357. The number of hydrogen-bond acceptors (Lipinski definition) is 5. The summed E-state index contributed by atoms with van der Waals surface area (Å²) in [5.74, 6) is 3.23. The van der Waals surface area contributed by atoms with Crippen molar-refractivity contribution in [3.63, 3.8) is 0 Å². The Balaban J connectivity index is 0.964. The lowest BCUT2D eigenvalue weighted by Crippen LogP contribution is -2.30. The van der Waals surface area contributed by atoms with Crippen molar-refractivity contribution in [1.82, 2.24) is 24.5 Å². The quantitative estimate of drug-likeness (QED) is 0.161. The molecule has 10 aromatic rings. The molecule has 0 N–H and O–H groups in total. The molecule has 1 aliphatic carbocycles. The second-order valence-electron chi connectivity index (χ2n) is 15.8. The molecule has 7 aromatic carbocycles. The third-order valence-electron chi connectivity index (χ3n) is 12.2. The van der Waals surface area contributed by atoms with Crippen LogP contribution in [0.1, 0.15) is 17.0 Å². The molecule has 0 saturated carbocycles. The highest BCUT2D eigenvalue weighted by Gasteiger charge is 2.39. The zero-order valence-electron chi connectivity index (χ0n) is 33.6. The minimum absolute atomic E-state index is 0.0410. The SMILES string of the molecule is C1=CC2C(C=C1c1ccc3c(c1)c1ccccc1n3-c1cc(-c3ccccc3)nc(-c3ccccc3)n1)c1ccccc1N2c1cc(-c2ccccc2)nc(-c2ccccc2)n1. The molecule has 62 heavy (non-hydrogen) atoms. The molecule has 3 aromatic heterocycles. The first-order chi connectivity index (χ1) is 30.7. The van der Waals surface area contributed by atoms with Crippen LogP contribution in [0.2, 0.25) is 0 Å². The summed E-state index contributed by atoms with van der Waals surface area (Å²) in [6.45, 7) is 0. The number of para-hydroxylation sites is 2. The lowest BCUT2D eigenvalue weighted by atomic mass is 9.86. The second-order valence-corrected chi connectivity index (χ2v) is 15.8. The zero-order valence-corrected chi connectivity index (χ0v) is 33.6. The highest BCUT2D eigenvalue weighted by molar-refractivity contribution is 6.10. The molecule has 0 bridgehead atoms. The molecule has 2 unspecified atom stereocenters. The number of nitrogens with zero attached hydrogens (tertiary/aromatic N) is 6. The second kappa shape index (κ2) is 14.8. The van der Waals surface area contributed by atoms with E-state index in [-0.39, 0.29) is 12.0 Å². The van der Waals surface area contributed by atoms with Crippen molar-refractivity contribution in [2.75, 3.05) is 4.90 Å². The van der Waals surface area contributed by atoms with Gasteiger partial charge in [-0.1, -0.05) is 182 Å². The molecule has 0 fully saturated rings. The molecule has 0 saturated heterocycles. The maximum Gasteiger partial charge on any atom is 0.162 e. The molecule has 6 nitrogen and oxygen atoms in total. The molecule has 4 heterocycles. The van der Waals surface area contributed by atoms with E-state index in [1.165, 1.54) is 27.5 Å². The molecule has 2 atom stereocenters. The molecule has 12 rings (SSSR count). The molecule has 2 aliphatic rings. The Morgan fingerprint density at radius 1 is 0.403 bits per heavy atom. The fourth-order valence-electron chi connectivity index (χ4n) is 9.26. The molecule has 0 radical (unpaired) electrons. The highest BCUT2D eigenvalue weighted by Crippen LogP contribution is 2.49. The van der Waals surface area contributed by atoms with E-state index in [1.54, 1.807) is 0 Å². The predicted molar refractivity (Wildman–Crippen MR) is 252 cm³/mol. The number of hydrogen-bond donors (Lipinski definition) is 0. The summed E-state index contributed by atoms with van der Waals surface area (Å²) in [5, 5.41) is 2.35. The first-order valence-electron chi connectivity index (χ1n) is 21.1. The summed E-state index contributed by atoms with van der Waals surface area (Å²) in [5.41, 5.74) is 12.8. The third-order valence-corrected chi connectivity index (χ3v) is 12.2. The van der Waals surface area contributed by atoms with Gasteiger partial charge in [-0.25, -0.2) is 19.9 Å². The van der Waals surface area contributed by atoms with Crippen LogP contribution in [-0.2, 0) is 0 Å². The van der Waals surface area contributed by atoms with E-state index >= 15 is 0 Å². The van der Waals surface area contributed by atoms with Gasteiger partial charge in [-0.3, -0.25) is 4.57 Å². The first kappa shape index (κ1) is 35.7. The Bertz CT molecular complexity index is 3240. The van der Waals surface area contributed by atoms with Crippen LogP contribution in [0, 0.1) is 0 Å². The number of allylic oxidation sites excluding steroid dienone is 2. The van der Waals surface area contributed by atoms with Crippen LogP contribution in [0.15, 0.2) is 218 Å².